The minimum Gasteiger partial charge on any atom is -0.508 e. The Kier molecular flexibility index (Phi) is 5.73. The molecule has 38 heavy (non-hydrogen) atoms. The van der Waals surface area contributed by atoms with E-state index in [0.717, 1.165) is 0 Å². The number of fused-ring (bicyclic) bond motifs is 3. The van der Waals surface area contributed by atoms with Gasteiger partial charge in [-0.2, -0.15) is 0 Å². The number of aliphatic hydroxyl groups excluding tert-OH is 2. The molecule has 3 aliphatic carbocycles. The molecular weight excluding hydrogens is 495 g/mol. The number of rotatable bonds is 3. The van der Waals surface area contributed by atoms with E-state index in [1.807, 2.05) is 0 Å². The summed E-state index contributed by atoms with van der Waals surface area (Å²) in [4.78, 5) is 40.6. The van der Waals surface area contributed by atoms with E-state index < -0.39 is 58.0 Å². The molecule has 1 amide bonds. The highest BCUT2D eigenvalue weighted by Crippen LogP contribution is 2.53. The topological polar surface area (TPSA) is 161 Å². The van der Waals surface area contributed by atoms with Crippen LogP contribution in [0.15, 0.2) is 47.2 Å². The molecule has 0 bridgehead atoms. The molecule has 3 aliphatic rings. The van der Waals surface area contributed by atoms with Crippen molar-refractivity contribution in [2.75, 3.05) is 14.1 Å². The number of phenols is 1. The molecular formula is C28H27FN2O7. The van der Waals surface area contributed by atoms with Crippen LogP contribution in [-0.4, -0.2) is 68.5 Å². The maximum atomic E-state index is 13.9. The van der Waals surface area contributed by atoms with Crippen molar-refractivity contribution in [3.05, 3.63) is 69.7 Å². The number of aromatic hydroxyl groups is 1. The van der Waals surface area contributed by atoms with Crippen molar-refractivity contribution in [1.29, 1.82) is 0 Å². The largest absolute Gasteiger partial charge is 0.508 e. The Hall–Kier alpha value is -4.02. The SMILES string of the molecule is Cc1cc(-c2ccc(O)c3c2CC2CC4C(N(C)C)C(=O)C(C(N)=O)=C(O)C4(O)C(=O)C2=C3O)ccc1F. The number of carbonyl (C=O) groups is 3. The Balaban J connectivity index is 1.74. The molecule has 0 saturated heterocycles. The highest BCUT2D eigenvalue weighted by Gasteiger charge is 2.64. The molecule has 4 unspecified atom stereocenters. The van der Waals surface area contributed by atoms with E-state index in [2.05, 4.69) is 0 Å². The van der Waals surface area contributed by atoms with E-state index in [4.69, 9.17) is 5.73 Å². The van der Waals surface area contributed by atoms with Crippen LogP contribution >= 0.6 is 0 Å². The molecule has 0 aliphatic heterocycles. The van der Waals surface area contributed by atoms with Gasteiger partial charge < -0.3 is 26.2 Å². The average Bonchev–Trinajstić information content (AvgIpc) is 2.83. The Bertz CT molecular complexity index is 1510. The van der Waals surface area contributed by atoms with Gasteiger partial charge in [0.1, 0.15) is 28.7 Å². The van der Waals surface area contributed by atoms with E-state index in [9.17, 15) is 39.2 Å². The highest BCUT2D eigenvalue weighted by molar-refractivity contribution is 6.24. The number of benzene rings is 2. The Morgan fingerprint density at radius 3 is 2.42 bits per heavy atom. The number of Topliss-reactive ketones (excluding diaryl/α,β-unsaturated/α-hetero) is 2. The first kappa shape index (κ1) is 25.6. The van der Waals surface area contributed by atoms with Crippen LogP contribution in [0.25, 0.3) is 16.9 Å². The minimum atomic E-state index is -2.69. The number of primary amides is 1. The van der Waals surface area contributed by atoms with Crippen LogP contribution in [0.5, 0.6) is 5.75 Å². The molecule has 5 rings (SSSR count). The number of carbonyl (C=O) groups excluding carboxylic acids is 3. The van der Waals surface area contributed by atoms with Gasteiger partial charge in [0.2, 0.25) is 5.78 Å². The number of nitrogens with two attached hydrogens (primary N) is 1. The van der Waals surface area contributed by atoms with Gasteiger partial charge in [0.25, 0.3) is 5.91 Å². The van der Waals surface area contributed by atoms with E-state index >= 15 is 0 Å². The van der Waals surface area contributed by atoms with Gasteiger partial charge in [0.05, 0.1) is 11.6 Å². The van der Waals surface area contributed by atoms with Crippen molar-refractivity contribution in [2.24, 2.45) is 17.6 Å². The summed E-state index contributed by atoms with van der Waals surface area (Å²) < 4.78 is 13.9. The summed E-state index contributed by atoms with van der Waals surface area (Å²) in [6.07, 6.45) is 0.137. The van der Waals surface area contributed by atoms with Crippen LogP contribution in [0.1, 0.15) is 23.1 Å². The normalized spacial score (nSPS) is 26.8. The lowest BCUT2D eigenvalue weighted by Crippen LogP contribution is -2.65. The number of ketones is 2. The molecule has 1 fully saturated rings. The van der Waals surface area contributed by atoms with Crippen LogP contribution in [-0.2, 0) is 20.8 Å². The van der Waals surface area contributed by atoms with Crippen molar-refractivity contribution in [3.8, 4) is 16.9 Å². The van der Waals surface area contributed by atoms with Gasteiger partial charge in [-0.25, -0.2) is 4.39 Å². The minimum absolute atomic E-state index is 0.0106. The van der Waals surface area contributed by atoms with Crippen molar-refractivity contribution < 1.29 is 39.2 Å². The third-order valence-corrected chi connectivity index (χ3v) is 8.07. The van der Waals surface area contributed by atoms with Crippen molar-refractivity contribution in [1.82, 2.24) is 4.90 Å². The van der Waals surface area contributed by atoms with Gasteiger partial charge in [0.15, 0.2) is 11.4 Å². The van der Waals surface area contributed by atoms with Crippen LogP contribution in [0, 0.1) is 24.6 Å². The molecule has 0 heterocycles. The fourth-order valence-electron chi connectivity index (χ4n) is 6.33. The van der Waals surface area contributed by atoms with Crippen LogP contribution in [0.3, 0.4) is 0 Å². The zero-order valence-electron chi connectivity index (χ0n) is 20.9. The number of aryl methyl sites for hydroxylation is 1. The molecule has 6 N–H and O–H groups in total. The fourth-order valence-corrected chi connectivity index (χ4v) is 6.33. The molecule has 10 heteroatoms. The lowest BCUT2D eigenvalue weighted by molar-refractivity contribution is -0.153. The molecule has 0 spiro atoms. The summed E-state index contributed by atoms with van der Waals surface area (Å²) in [5.41, 5.74) is 3.72. The Morgan fingerprint density at radius 2 is 1.82 bits per heavy atom. The van der Waals surface area contributed by atoms with E-state index in [-0.39, 0.29) is 35.5 Å². The molecule has 2 aromatic rings. The summed E-state index contributed by atoms with van der Waals surface area (Å²) in [5.74, 6) is -7.41. The zero-order valence-corrected chi connectivity index (χ0v) is 20.9. The number of aliphatic hydroxyl groups is 3. The number of phenolic OH excluding ortho intramolecular Hbond substituents is 1. The smallest absolute Gasteiger partial charge is 0.255 e. The fraction of sp³-hybridized carbons (Fsp3) is 0.321. The van der Waals surface area contributed by atoms with Gasteiger partial charge in [-0.05, 0) is 80.2 Å². The van der Waals surface area contributed by atoms with Gasteiger partial charge in [0, 0.05) is 11.5 Å². The van der Waals surface area contributed by atoms with Gasteiger partial charge in [-0.15, -0.1) is 0 Å². The molecule has 0 radical (unpaired) electrons. The van der Waals surface area contributed by atoms with E-state index in [0.29, 0.717) is 22.3 Å². The third-order valence-electron chi connectivity index (χ3n) is 8.07. The predicted molar refractivity (Wildman–Crippen MR) is 134 cm³/mol. The maximum absolute atomic E-state index is 13.9. The van der Waals surface area contributed by atoms with E-state index in [1.54, 1.807) is 39.2 Å². The lowest BCUT2D eigenvalue weighted by Gasteiger charge is -2.50. The molecule has 4 atom stereocenters. The standard InChI is InChI=1S/C28H27FN2O7/c1-11-8-12(4-6-17(11)29)14-5-7-18(32)20-15(14)9-13-10-16-22(31(2)3)24(34)21(27(30)37)26(36)28(16,38)25(35)19(13)23(20)33/h4-8,13,16,22,32-33,36,38H,9-10H2,1-3H3,(H2,30,37). The van der Waals surface area contributed by atoms with Gasteiger partial charge in [-0.3, -0.25) is 19.3 Å². The second kappa shape index (κ2) is 8.50. The van der Waals surface area contributed by atoms with Crippen LogP contribution in [0.2, 0.25) is 0 Å². The van der Waals surface area contributed by atoms with Crippen molar-refractivity contribution in [3.63, 3.8) is 0 Å². The van der Waals surface area contributed by atoms with Crippen LogP contribution in [0.4, 0.5) is 4.39 Å². The van der Waals surface area contributed by atoms with Gasteiger partial charge >= 0.3 is 0 Å². The van der Waals surface area contributed by atoms with Crippen molar-refractivity contribution in [2.45, 2.75) is 31.4 Å². The second-order valence-electron chi connectivity index (χ2n) is 10.4. The first-order chi connectivity index (χ1) is 17.8. The summed E-state index contributed by atoms with van der Waals surface area (Å²) in [5, 5.41) is 44.6. The number of hydrogen-bond acceptors (Lipinski definition) is 8. The lowest BCUT2D eigenvalue weighted by atomic mass is 9.57. The van der Waals surface area contributed by atoms with Crippen molar-refractivity contribution >= 4 is 23.2 Å². The van der Waals surface area contributed by atoms with Gasteiger partial charge in [-0.1, -0.05) is 12.1 Å². The molecule has 198 valence electrons. The number of amides is 1. The molecule has 2 aromatic carbocycles. The summed E-state index contributed by atoms with van der Waals surface area (Å²) in [6, 6.07) is 6.36. The summed E-state index contributed by atoms with van der Waals surface area (Å²) in [6.45, 7) is 1.61. The first-order valence-corrected chi connectivity index (χ1v) is 12.1. The summed E-state index contributed by atoms with van der Waals surface area (Å²) in [7, 11) is 3.08. The predicted octanol–water partition coefficient (Wildman–Crippen LogP) is 2.08. The molecule has 1 saturated carbocycles. The Morgan fingerprint density at radius 1 is 1.13 bits per heavy atom. The third kappa shape index (κ3) is 3.33. The van der Waals surface area contributed by atoms with Crippen LogP contribution < -0.4 is 5.73 Å². The maximum Gasteiger partial charge on any atom is 0.255 e. The van der Waals surface area contributed by atoms with E-state index in [1.165, 1.54) is 17.0 Å². The molecule has 0 aromatic heterocycles. The monoisotopic (exact) mass is 522 g/mol. The zero-order chi connectivity index (χ0) is 27.8. The Labute approximate surface area is 217 Å². The number of halogens is 1. The first-order valence-electron chi connectivity index (χ1n) is 12.1. The number of hydrogen-bond donors (Lipinski definition) is 5. The summed E-state index contributed by atoms with van der Waals surface area (Å²) >= 11 is 0. The highest BCUT2D eigenvalue weighted by atomic mass is 19.1. The second-order valence-corrected chi connectivity index (χ2v) is 10.4. The number of likely N-dealkylation sites (N-methyl/N-ethyl adjacent to an activating group) is 1. The number of nitrogens with zero attached hydrogens (tertiary/aromatic N) is 1. The average molecular weight is 523 g/mol. The molecule has 9 nitrogen and oxygen atoms in total. The quantitative estimate of drug-likeness (QED) is 0.383.